The van der Waals surface area contributed by atoms with E-state index in [4.69, 9.17) is 0 Å². The number of rotatable bonds is 0. The molecule has 0 atom stereocenters. The van der Waals surface area contributed by atoms with Crippen LogP contribution in [0.1, 0.15) is 6.42 Å². The van der Waals surface area contributed by atoms with E-state index in [1.165, 1.54) is 0 Å². The summed E-state index contributed by atoms with van der Waals surface area (Å²) in [5.41, 5.74) is 0. The van der Waals surface area contributed by atoms with E-state index in [1.54, 1.807) is 0 Å². The second kappa shape index (κ2) is 1.78. The van der Waals surface area contributed by atoms with E-state index < -0.39 is 17.6 Å². The first-order valence-electron chi connectivity index (χ1n) is 2.35. The van der Waals surface area contributed by atoms with Crippen LogP contribution < -0.4 is 0 Å². The lowest BCUT2D eigenvalue weighted by Crippen LogP contribution is -2.31. The standard InChI is InChI=1S/C4H4F4S/c5-3(6)1-2-9-4(3,7)8/h1-2H2. The molecular weight excluding hydrogens is 156 g/mol. The first-order chi connectivity index (χ1) is 3.96. The summed E-state index contributed by atoms with van der Waals surface area (Å²) in [5, 5.41) is -3.83. The Morgan fingerprint density at radius 1 is 1.11 bits per heavy atom. The van der Waals surface area contributed by atoms with Crippen molar-refractivity contribution in [3.63, 3.8) is 0 Å². The molecule has 9 heavy (non-hydrogen) atoms. The van der Waals surface area contributed by atoms with Gasteiger partial charge < -0.3 is 0 Å². The Bertz CT molecular complexity index is 108. The van der Waals surface area contributed by atoms with Crippen molar-refractivity contribution >= 4 is 11.8 Å². The molecule has 1 fully saturated rings. The van der Waals surface area contributed by atoms with Crippen molar-refractivity contribution in [2.45, 2.75) is 17.6 Å². The Hall–Kier alpha value is 0.0700. The Kier molecular flexibility index (Phi) is 1.42. The Morgan fingerprint density at radius 3 is 1.78 bits per heavy atom. The van der Waals surface area contributed by atoms with E-state index in [2.05, 4.69) is 0 Å². The molecule has 1 rings (SSSR count). The Morgan fingerprint density at radius 2 is 1.67 bits per heavy atom. The minimum absolute atomic E-state index is 0.0231. The number of hydrogen-bond donors (Lipinski definition) is 0. The maximum absolute atomic E-state index is 12.0. The lowest BCUT2D eigenvalue weighted by atomic mass is 10.3. The van der Waals surface area contributed by atoms with Gasteiger partial charge in [-0.05, 0) is 0 Å². The summed E-state index contributed by atoms with van der Waals surface area (Å²) in [4.78, 5) is 0. The topological polar surface area (TPSA) is 0 Å². The van der Waals surface area contributed by atoms with Gasteiger partial charge in [-0.2, -0.15) is 17.6 Å². The van der Waals surface area contributed by atoms with Crippen LogP contribution in [0.5, 0.6) is 0 Å². The molecule has 0 saturated carbocycles. The first kappa shape index (κ1) is 7.18. The summed E-state index contributed by atoms with van der Waals surface area (Å²) in [6, 6.07) is 0. The van der Waals surface area contributed by atoms with Crippen LogP contribution in [-0.4, -0.2) is 16.9 Å². The van der Waals surface area contributed by atoms with E-state index >= 15 is 0 Å². The molecular formula is C4H4F4S. The summed E-state index contributed by atoms with van der Waals surface area (Å²) in [7, 11) is 0. The Labute approximate surface area is 53.6 Å². The molecule has 0 radical (unpaired) electrons. The van der Waals surface area contributed by atoms with Gasteiger partial charge in [0.25, 0.3) is 0 Å². The third-order valence-electron chi connectivity index (χ3n) is 1.13. The highest BCUT2D eigenvalue weighted by molar-refractivity contribution is 8.00. The molecule has 1 aliphatic heterocycles. The van der Waals surface area contributed by atoms with E-state index in [9.17, 15) is 17.6 Å². The molecule has 1 heterocycles. The highest BCUT2D eigenvalue weighted by Gasteiger charge is 2.60. The average Bonchev–Trinajstić information content (AvgIpc) is 1.81. The predicted octanol–water partition coefficient (Wildman–Crippen LogP) is 2.35. The molecule has 0 spiro atoms. The van der Waals surface area contributed by atoms with E-state index in [-0.39, 0.29) is 17.5 Å². The second-order valence-electron chi connectivity index (χ2n) is 1.82. The molecule has 0 aliphatic carbocycles. The molecule has 54 valence electrons. The molecule has 0 N–H and O–H groups in total. The van der Waals surface area contributed by atoms with Gasteiger partial charge >= 0.3 is 11.2 Å². The number of halogens is 4. The highest BCUT2D eigenvalue weighted by atomic mass is 32.2. The second-order valence-corrected chi connectivity index (χ2v) is 3.03. The van der Waals surface area contributed by atoms with Crippen molar-refractivity contribution in [1.29, 1.82) is 0 Å². The van der Waals surface area contributed by atoms with E-state index in [0.29, 0.717) is 0 Å². The molecule has 0 amide bonds. The van der Waals surface area contributed by atoms with Crippen LogP contribution in [0.15, 0.2) is 0 Å². The van der Waals surface area contributed by atoms with E-state index in [0.717, 1.165) is 0 Å². The van der Waals surface area contributed by atoms with Gasteiger partial charge in [0.05, 0.1) is 0 Å². The third kappa shape index (κ3) is 1.02. The minimum Gasteiger partial charge on any atom is -0.199 e. The Balaban J connectivity index is 2.75. The highest BCUT2D eigenvalue weighted by Crippen LogP contribution is 2.51. The van der Waals surface area contributed by atoms with Crippen LogP contribution in [0, 0.1) is 0 Å². The largest absolute Gasteiger partial charge is 0.356 e. The average molecular weight is 160 g/mol. The summed E-state index contributed by atoms with van der Waals surface area (Å²) >= 11 is 0.0231. The van der Waals surface area contributed by atoms with Gasteiger partial charge in [0.15, 0.2) is 0 Å². The number of hydrogen-bond acceptors (Lipinski definition) is 1. The van der Waals surface area contributed by atoms with Crippen LogP contribution in [0.3, 0.4) is 0 Å². The maximum Gasteiger partial charge on any atom is 0.356 e. The third-order valence-corrected chi connectivity index (χ3v) is 2.19. The van der Waals surface area contributed by atoms with Crippen molar-refractivity contribution < 1.29 is 17.6 Å². The van der Waals surface area contributed by atoms with Crippen LogP contribution in [0.25, 0.3) is 0 Å². The molecule has 0 bridgehead atoms. The van der Waals surface area contributed by atoms with Crippen molar-refractivity contribution in [2.75, 3.05) is 5.75 Å². The van der Waals surface area contributed by atoms with Crippen LogP contribution >= 0.6 is 11.8 Å². The van der Waals surface area contributed by atoms with E-state index in [1.807, 2.05) is 0 Å². The molecule has 0 aromatic rings. The quantitative estimate of drug-likeness (QED) is 0.490. The van der Waals surface area contributed by atoms with Crippen LogP contribution in [0.2, 0.25) is 0 Å². The molecule has 0 aromatic heterocycles. The molecule has 1 aliphatic rings. The summed E-state index contributed by atoms with van der Waals surface area (Å²) in [6.45, 7) is 0. The van der Waals surface area contributed by atoms with Crippen LogP contribution in [0.4, 0.5) is 17.6 Å². The van der Waals surface area contributed by atoms with Crippen LogP contribution in [-0.2, 0) is 0 Å². The van der Waals surface area contributed by atoms with Gasteiger partial charge in [0, 0.05) is 12.2 Å². The lowest BCUT2D eigenvalue weighted by molar-refractivity contribution is -0.143. The fourth-order valence-corrected chi connectivity index (χ4v) is 1.49. The maximum atomic E-state index is 12.0. The molecule has 1 saturated heterocycles. The summed E-state index contributed by atoms with van der Waals surface area (Å²) in [6.07, 6.45) is -0.704. The lowest BCUT2D eigenvalue weighted by Gasteiger charge is -2.15. The SMILES string of the molecule is FC1(F)CCSC1(F)F. The molecule has 0 aromatic carbocycles. The van der Waals surface area contributed by atoms with Gasteiger partial charge in [-0.25, -0.2) is 0 Å². The number of alkyl halides is 4. The smallest absolute Gasteiger partial charge is 0.199 e. The zero-order chi connectivity index (χ0) is 7.12. The zero-order valence-electron chi connectivity index (χ0n) is 4.33. The zero-order valence-corrected chi connectivity index (χ0v) is 5.15. The van der Waals surface area contributed by atoms with Gasteiger partial charge in [0.2, 0.25) is 0 Å². The van der Waals surface area contributed by atoms with Gasteiger partial charge in [-0.1, -0.05) is 11.8 Å². The fourth-order valence-electron chi connectivity index (χ4n) is 0.559. The van der Waals surface area contributed by atoms with Crippen molar-refractivity contribution in [3.8, 4) is 0 Å². The number of thioether (sulfide) groups is 1. The van der Waals surface area contributed by atoms with Gasteiger partial charge in [-0.15, -0.1) is 0 Å². The molecule has 5 heteroatoms. The fraction of sp³-hybridized carbons (Fsp3) is 1.00. The summed E-state index contributed by atoms with van der Waals surface area (Å²) in [5.74, 6) is -3.93. The van der Waals surface area contributed by atoms with Gasteiger partial charge in [-0.3, -0.25) is 0 Å². The van der Waals surface area contributed by atoms with Crippen molar-refractivity contribution in [3.05, 3.63) is 0 Å². The normalized spacial score (nSPS) is 30.7. The summed E-state index contributed by atoms with van der Waals surface area (Å²) < 4.78 is 47.8. The van der Waals surface area contributed by atoms with Gasteiger partial charge in [0.1, 0.15) is 0 Å². The first-order valence-corrected chi connectivity index (χ1v) is 3.34. The predicted molar refractivity (Wildman–Crippen MR) is 27.0 cm³/mol. The molecule has 0 unspecified atom stereocenters. The van der Waals surface area contributed by atoms with Crippen molar-refractivity contribution in [2.24, 2.45) is 0 Å². The molecule has 0 nitrogen and oxygen atoms in total. The minimum atomic E-state index is -3.83. The monoisotopic (exact) mass is 160 g/mol. The van der Waals surface area contributed by atoms with Crippen molar-refractivity contribution in [1.82, 2.24) is 0 Å².